The van der Waals surface area contributed by atoms with Crippen molar-refractivity contribution in [2.75, 3.05) is 7.11 Å². The van der Waals surface area contributed by atoms with Gasteiger partial charge in [-0.05, 0) is 30.5 Å². The number of methoxy groups -OCH3 is 1. The molecular weight excluding hydrogens is 388 g/mol. The number of benzene rings is 1. The fraction of sp³-hybridized carbons (Fsp3) is 0.286. The molecule has 0 spiro atoms. The Kier molecular flexibility index (Phi) is 4.94. The SMILES string of the molecule is COc1ccnc2c(=O)n([C@@H](C)c3nnc(-c4cccc(C(C)C)c4)o3)c(=O)oc12. The Morgan fingerprint density at radius 1 is 1.07 bits per heavy atom. The van der Waals surface area contributed by atoms with Crippen LogP contribution in [0.15, 0.2) is 55.0 Å². The van der Waals surface area contributed by atoms with Gasteiger partial charge in [0.05, 0.1) is 7.11 Å². The van der Waals surface area contributed by atoms with Crippen molar-refractivity contribution in [3.05, 3.63) is 68.9 Å². The van der Waals surface area contributed by atoms with Gasteiger partial charge in [-0.2, -0.15) is 0 Å². The van der Waals surface area contributed by atoms with Crippen LogP contribution in [0.3, 0.4) is 0 Å². The lowest BCUT2D eigenvalue weighted by Gasteiger charge is -2.10. The highest BCUT2D eigenvalue weighted by Crippen LogP contribution is 2.25. The zero-order valence-corrected chi connectivity index (χ0v) is 16.9. The van der Waals surface area contributed by atoms with Crippen molar-refractivity contribution in [2.24, 2.45) is 0 Å². The highest BCUT2D eigenvalue weighted by Gasteiger charge is 2.24. The second-order valence-corrected chi connectivity index (χ2v) is 7.14. The Morgan fingerprint density at radius 2 is 1.87 bits per heavy atom. The fourth-order valence-electron chi connectivity index (χ4n) is 3.17. The van der Waals surface area contributed by atoms with Crippen molar-refractivity contribution in [3.63, 3.8) is 0 Å². The molecule has 0 aliphatic carbocycles. The van der Waals surface area contributed by atoms with Crippen molar-refractivity contribution in [3.8, 4) is 17.2 Å². The molecule has 0 N–H and O–H groups in total. The number of fused-ring (bicyclic) bond motifs is 1. The normalized spacial score (nSPS) is 12.4. The number of aromatic nitrogens is 4. The molecule has 3 heterocycles. The van der Waals surface area contributed by atoms with Crippen molar-refractivity contribution in [2.45, 2.75) is 32.7 Å². The summed E-state index contributed by atoms with van der Waals surface area (Å²) in [6.07, 6.45) is 1.41. The average Bonchev–Trinajstić information content (AvgIpc) is 3.24. The zero-order valence-electron chi connectivity index (χ0n) is 16.9. The van der Waals surface area contributed by atoms with Crippen molar-refractivity contribution in [1.29, 1.82) is 0 Å². The van der Waals surface area contributed by atoms with E-state index < -0.39 is 17.4 Å². The molecule has 0 amide bonds. The molecule has 0 aliphatic heterocycles. The van der Waals surface area contributed by atoms with Crippen LogP contribution in [0.25, 0.3) is 22.6 Å². The Hall–Kier alpha value is -3.75. The molecule has 1 atom stereocenters. The molecule has 1 aromatic carbocycles. The zero-order chi connectivity index (χ0) is 21.4. The Labute approximate surface area is 171 Å². The van der Waals surface area contributed by atoms with Gasteiger partial charge in [-0.1, -0.05) is 26.0 Å². The molecule has 154 valence electrons. The lowest BCUT2D eigenvalue weighted by atomic mass is 10.0. The Morgan fingerprint density at radius 3 is 2.60 bits per heavy atom. The average molecular weight is 408 g/mol. The van der Waals surface area contributed by atoms with Crippen LogP contribution in [0, 0.1) is 0 Å². The summed E-state index contributed by atoms with van der Waals surface area (Å²) >= 11 is 0. The number of pyridine rings is 1. The first-order valence-corrected chi connectivity index (χ1v) is 9.42. The molecule has 9 nitrogen and oxygen atoms in total. The molecule has 0 aliphatic rings. The maximum Gasteiger partial charge on any atom is 0.423 e. The topological polar surface area (TPSA) is 113 Å². The van der Waals surface area contributed by atoms with Gasteiger partial charge >= 0.3 is 5.76 Å². The van der Waals surface area contributed by atoms with Crippen LogP contribution in [0.5, 0.6) is 5.75 Å². The van der Waals surface area contributed by atoms with E-state index in [4.69, 9.17) is 13.6 Å². The molecule has 30 heavy (non-hydrogen) atoms. The van der Waals surface area contributed by atoms with E-state index in [2.05, 4.69) is 29.0 Å². The van der Waals surface area contributed by atoms with Gasteiger partial charge in [0, 0.05) is 17.8 Å². The van der Waals surface area contributed by atoms with Crippen LogP contribution in [-0.2, 0) is 0 Å². The highest BCUT2D eigenvalue weighted by molar-refractivity contribution is 5.77. The van der Waals surface area contributed by atoms with E-state index in [0.29, 0.717) is 11.8 Å². The van der Waals surface area contributed by atoms with E-state index in [9.17, 15) is 9.59 Å². The smallest absolute Gasteiger partial charge is 0.423 e. The van der Waals surface area contributed by atoms with Gasteiger partial charge in [0.15, 0.2) is 11.3 Å². The van der Waals surface area contributed by atoms with Gasteiger partial charge in [-0.3, -0.25) is 4.79 Å². The first-order chi connectivity index (χ1) is 14.4. The van der Waals surface area contributed by atoms with Crippen LogP contribution >= 0.6 is 0 Å². The third kappa shape index (κ3) is 3.28. The van der Waals surface area contributed by atoms with E-state index in [1.54, 1.807) is 6.92 Å². The largest absolute Gasteiger partial charge is 0.493 e. The molecule has 4 aromatic rings. The van der Waals surface area contributed by atoms with Crippen molar-refractivity contribution < 1.29 is 13.6 Å². The van der Waals surface area contributed by atoms with Gasteiger partial charge in [-0.15, -0.1) is 10.2 Å². The minimum atomic E-state index is -0.868. The molecule has 9 heteroatoms. The third-order valence-electron chi connectivity index (χ3n) is 4.88. The summed E-state index contributed by atoms with van der Waals surface area (Å²) < 4.78 is 17.1. The first kappa shape index (κ1) is 19.6. The first-order valence-electron chi connectivity index (χ1n) is 9.42. The van der Waals surface area contributed by atoms with Gasteiger partial charge in [0.2, 0.25) is 17.4 Å². The second-order valence-electron chi connectivity index (χ2n) is 7.14. The summed E-state index contributed by atoms with van der Waals surface area (Å²) in [4.78, 5) is 29.5. The fourth-order valence-corrected chi connectivity index (χ4v) is 3.17. The van der Waals surface area contributed by atoms with E-state index in [1.807, 2.05) is 24.3 Å². The van der Waals surface area contributed by atoms with Gasteiger partial charge in [0.25, 0.3) is 5.56 Å². The number of ether oxygens (including phenoxy) is 1. The summed E-state index contributed by atoms with van der Waals surface area (Å²) in [5.41, 5.74) is 1.23. The third-order valence-corrected chi connectivity index (χ3v) is 4.88. The van der Waals surface area contributed by atoms with E-state index in [0.717, 1.165) is 15.7 Å². The number of hydrogen-bond acceptors (Lipinski definition) is 8. The molecule has 0 bridgehead atoms. The predicted molar refractivity (Wildman–Crippen MR) is 109 cm³/mol. The Balaban J connectivity index is 1.77. The number of hydrogen-bond donors (Lipinski definition) is 0. The Bertz CT molecular complexity index is 1340. The number of rotatable bonds is 5. The molecule has 0 radical (unpaired) electrons. The highest BCUT2D eigenvalue weighted by atomic mass is 16.5. The maximum absolute atomic E-state index is 12.9. The van der Waals surface area contributed by atoms with Crippen LogP contribution in [0.2, 0.25) is 0 Å². The van der Waals surface area contributed by atoms with Crippen molar-refractivity contribution in [1.82, 2.24) is 19.7 Å². The van der Waals surface area contributed by atoms with E-state index in [1.165, 1.54) is 19.4 Å². The second kappa shape index (κ2) is 7.58. The summed E-state index contributed by atoms with van der Waals surface area (Å²) in [7, 11) is 1.41. The molecule has 0 fully saturated rings. The quantitative estimate of drug-likeness (QED) is 0.495. The molecule has 4 rings (SSSR count). The van der Waals surface area contributed by atoms with E-state index >= 15 is 0 Å². The summed E-state index contributed by atoms with van der Waals surface area (Å²) in [6, 6.07) is 8.43. The monoisotopic (exact) mass is 408 g/mol. The summed E-state index contributed by atoms with van der Waals surface area (Å²) in [5, 5.41) is 8.12. The van der Waals surface area contributed by atoms with Gasteiger partial charge < -0.3 is 13.6 Å². The molecule has 0 unspecified atom stereocenters. The van der Waals surface area contributed by atoms with Crippen LogP contribution in [-0.4, -0.2) is 26.9 Å². The summed E-state index contributed by atoms with van der Waals surface area (Å²) in [5.74, 6) is 0.137. The number of nitrogens with zero attached hydrogens (tertiary/aromatic N) is 4. The van der Waals surface area contributed by atoms with Crippen LogP contribution in [0.4, 0.5) is 0 Å². The molecule has 0 saturated carbocycles. The van der Waals surface area contributed by atoms with E-state index in [-0.39, 0.29) is 22.7 Å². The lowest BCUT2D eigenvalue weighted by Crippen LogP contribution is -2.35. The lowest BCUT2D eigenvalue weighted by molar-refractivity contribution is 0.369. The molecule has 0 saturated heterocycles. The summed E-state index contributed by atoms with van der Waals surface area (Å²) in [6.45, 7) is 5.79. The van der Waals surface area contributed by atoms with Crippen LogP contribution < -0.4 is 16.1 Å². The minimum Gasteiger partial charge on any atom is -0.493 e. The van der Waals surface area contributed by atoms with Crippen LogP contribution in [0.1, 0.15) is 44.2 Å². The maximum atomic E-state index is 12.9. The van der Waals surface area contributed by atoms with Crippen molar-refractivity contribution >= 4 is 11.1 Å². The van der Waals surface area contributed by atoms with Gasteiger partial charge in [0.1, 0.15) is 6.04 Å². The molecule has 3 aromatic heterocycles. The minimum absolute atomic E-state index is 0.00447. The standard InChI is InChI=1S/C21H20N4O5/c1-11(2)13-6-5-7-14(10-13)19-24-23-18(30-19)12(3)25-20(26)16-17(29-21(25)27)15(28-4)8-9-22-16/h5-12H,1-4H3/t12-/m0/s1. The molecular formula is C21H20N4O5. The van der Waals surface area contributed by atoms with Gasteiger partial charge in [-0.25, -0.2) is 14.3 Å². The predicted octanol–water partition coefficient (Wildman–Crippen LogP) is 3.14.